The Labute approximate surface area is 126 Å². The lowest BCUT2D eigenvalue weighted by Gasteiger charge is -2.14. The zero-order valence-electron chi connectivity index (χ0n) is 12.1. The van der Waals surface area contributed by atoms with E-state index in [2.05, 4.69) is 10.6 Å². The number of rotatable bonds is 7. The lowest BCUT2D eigenvalue weighted by Crippen LogP contribution is -2.36. The minimum Gasteiger partial charge on any atom is -0.481 e. The van der Waals surface area contributed by atoms with Crippen molar-refractivity contribution in [3.63, 3.8) is 0 Å². The Morgan fingerprint density at radius 2 is 1.90 bits per heavy atom. The molecule has 2 atom stereocenters. The Balaban J connectivity index is 2.43. The molecule has 3 N–H and O–H groups in total. The number of hydrogen-bond donors (Lipinski definition) is 3. The minimum absolute atomic E-state index is 0.0440. The highest BCUT2D eigenvalue weighted by Crippen LogP contribution is 2.10. The van der Waals surface area contributed by atoms with Crippen molar-refractivity contribution >= 4 is 28.5 Å². The normalized spacial score (nSPS) is 13.2. The number of carbonyl (C=O) groups excluding carboxylic acids is 1. The first-order valence-electron chi connectivity index (χ1n) is 6.55. The molecule has 1 aromatic carbocycles. The van der Waals surface area contributed by atoms with Crippen molar-refractivity contribution in [1.82, 2.24) is 5.32 Å². The van der Waals surface area contributed by atoms with E-state index in [0.717, 1.165) is 0 Å². The van der Waals surface area contributed by atoms with Crippen molar-refractivity contribution < 1.29 is 18.9 Å². The summed E-state index contributed by atoms with van der Waals surface area (Å²) < 4.78 is 11.0. The smallest absolute Gasteiger partial charge is 0.319 e. The zero-order valence-corrected chi connectivity index (χ0v) is 12.9. The Morgan fingerprint density at radius 1 is 1.29 bits per heavy atom. The van der Waals surface area contributed by atoms with Crippen LogP contribution >= 0.6 is 0 Å². The molecule has 0 bridgehead atoms. The molecule has 0 fully saturated rings. The maximum Gasteiger partial charge on any atom is 0.319 e. The summed E-state index contributed by atoms with van der Waals surface area (Å²) in [6.07, 6.45) is 2.23. The van der Waals surface area contributed by atoms with E-state index < -0.39 is 16.8 Å². The lowest BCUT2D eigenvalue weighted by molar-refractivity contribution is -0.136. The molecule has 2 unspecified atom stereocenters. The molecule has 0 heterocycles. The van der Waals surface area contributed by atoms with Gasteiger partial charge >= 0.3 is 12.0 Å². The van der Waals surface area contributed by atoms with Crippen LogP contribution in [0.1, 0.15) is 18.9 Å². The molecule has 0 spiro atoms. The predicted molar refractivity (Wildman–Crippen MR) is 82.9 cm³/mol. The number of carboxylic acids is 1. The molecule has 0 saturated heterocycles. The van der Waals surface area contributed by atoms with Gasteiger partial charge < -0.3 is 15.7 Å². The van der Waals surface area contributed by atoms with Crippen molar-refractivity contribution in [2.75, 3.05) is 17.3 Å². The van der Waals surface area contributed by atoms with E-state index in [9.17, 15) is 13.8 Å². The highest BCUT2D eigenvalue weighted by atomic mass is 32.2. The summed E-state index contributed by atoms with van der Waals surface area (Å²) in [5, 5.41) is 14.1. The average molecular weight is 312 g/mol. The molecule has 0 aliphatic carbocycles. The number of hydrogen-bond acceptors (Lipinski definition) is 3. The Kier molecular flexibility index (Phi) is 6.87. The van der Waals surface area contributed by atoms with Gasteiger partial charge in [-0.1, -0.05) is 12.1 Å². The maximum atomic E-state index is 11.7. The fourth-order valence-electron chi connectivity index (χ4n) is 1.69. The average Bonchev–Trinajstić information content (AvgIpc) is 2.38. The van der Waals surface area contributed by atoms with Crippen molar-refractivity contribution in [3.8, 4) is 0 Å². The van der Waals surface area contributed by atoms with Crippen LogP contribution in [0.5, 0.6) is 0 Å². The van der Waals surface area contributed by atoms with E-state index in [1.165, 1.54) is 0 Å². The van der Waals surface area contributed by atoms with Gasteiger partial charge in [0.2, 0.25) is 0 Å². The highest BCUT2D eigenvalue weighted by Gasteiger charge is 2.08. The van der Waals surface area contributed by atoms with E-state index in [4.69, 9.17) is 5.11 Å². The van der Waals surface area contributed by atoms with E-state index in [1.54, 1.807) is 30.5 Å². The summed E-state index contributed by atoms with van der Waals surface area (Å²) in [5.41, 5.74) is 1.26. The zero-order chi connectivity index (χ0) is 15.8. The third kappa shape index (κ3) is 7.45. The first-order chi connectivity index (χ1) is 9.86. The van der Waals surface area contributed by atoms with Gasteiger partial charge in [0.05, 0.1) is 6.42 Å². The van der Waals surface area contributed by atoms with Crippen molar-refractivity contribution in [3.05, 3.63) is 29.8 Å². The van der Waals surface area contributed by atoms with Gasteiger partial charge in [-0.05, 0) is 31.0 Å². The van der Waals surface area contributed by atoms with Crippen LogP contribution < -0.4 is 10.6 Å². The first-order valence-corrected chi connectivity index (χ1v) is 8.28. The van der Waals surface area contributed by atoms with Crippen LogP contribution in [0.25, 0.3) is 0 Å². The SMILES string of the molecule is CC(CCS(C)=O)NC(=O)Nc1ccc(CC(=O)O)cc1. The summed E-state index contributed by atoms with van der Waals surface area (Å²) in [6.45, 7) is 1.85. The maximum absolute atomic E-state index is 11.7. The molecule has 7 heteroatoms. The fourth-order valence-corrected chi connectivity index (χ4v) is 2.37. The van der Waals surface area contributed by atoms with Crippen LogP contribution in [0, 0.1) is 0 Å². The largest absolute Gasteiger partial charge is 0.481 e. The number of carboxylic acid groups (broad SMARTS) is 1. The van der Waals surface area contributed by atoms with Gasteiger partial charge in [0.25, 0.3) is 0 Å². The van der Waals surface area contributed by atoms with Gasteiger partial charge in [-0.15, -0.1) is 0 Å². The molecule has 2 amide bonds. The summed E-state index contributed by atoms with van der Waals surface area (Å²) in [7, 11) is -0.866. The van der Waals surface area contributed by atoms with Gasteiger partial charge in [0.15, 0.2) is 0 Å². The van der Waals surface area contributed by atoms with Crippen LogP contribution in [0.15, 0.2) is 24.3 Å². The molecule has 6 nitrogen and oxygen atoms in total. The monoisotopic (exact) mass is 312 g/mol. The summed E-state index contributed by atoms with van der Waals surface area (Å²) >= 11 is 0. The van der Waals surface area contributed by atoms with Crippen LogP contribution in [0.4, 0.5) is 10.5 Å². The second kappa shape index (κ2) is 8.41. The van der Waals surface area contributed by atoms with Gasteiger partial charge in [0, 0.05) is 34.5 Å². The van der Waals surface area contributed by atoms with E-state index in [1.807, 2.05) is 6.92 Å². The highest BCUT2D eigenvalue weighted by molar-refractivity contribution is 7.84. The third-order valence-electron chi connectivity index (χ3n) is 2.78. The van der Waals surface area contributed by atoms with E-state index in [0.29, 0.717) is 23.4 Å². The number of benzene rings is 1. The lowest BCUT2D eigenvalue weighted by atomic mass is 10.1. The van der Waals surface area contributed by atoms with Crippen molar-refractivity contribution in [2.45, 2.75) is 25.8 Å². The second-order valence-electron chi connectivity index (χ2n) is 4.83. The van der Waals surface area contributed by atoms with Gasteiger partial charge in [-0.25, -0.2) is 4.79 Å². The number of nitrogens with one attached hydrogen (secondary N) is 2. The van der Waals surface area contributed by atoms with Crippen LogP contribution in [-0.4, -0.2) is 39.4 Å². The van der Waals surface area contributed by atoms with Gasteiger partial charge in [-0.2, -0.15) is 0 Å². The molecule has 0 aliphatic rings. The van der Waals surface area contributed by atoms with Crippen molar-refractivity contribution in [2.24, 2.45) is 0 Å². The standard InChI is InChI=1S/C14H20N2O4S/c1-10(7-8-21(2)20)15-14(19)16-12-5-3-11(4-6-12)9-13(17)18/h3-6,10H,7-9H2,1-2H3,(H,17,18)(H2,15,16,19). The molecule has 0 aliphatic heterocycles. The summed E-state index contributed by atoms with van der Waals surface area (Å²) in [6, 6.07) is 6.23. The molecule has 116 valence electrons. The molecular formula is C14H20N2O4S. The molecule has 21 heavy (non-hydrogen) atoms. The molecular weight excluding hydrogens is 292 g/mol. The Hall–Kier alpha value is -1.89. The Bertz CT molecular complexity index is 516. The van der Waals surface area contributed by atoms with Crippen LogP contribution in [-0.2, 0) is 22.0 Å². The number of aliphatic carboxylic acids is 1. The third-order valence-corrected chi connectivity index (χ3v) is 3.59. The number of carbonyl (C=O) groups is 2. The van der Waals surface area contributed by atoms with E-state index in [-0.39, 0.29) is 18.5 Å². The number of urea groups is 1. The summed E-state index contributed by atoms with van der Waals surface area (Å²) in [4.78, 5) is 22.3. The quantitative estimate of drug-likeness (QED) is 0.712. The van der Waals surface area contributed by atoms with Gasteiger partial charge in [0.1, 0.15) is 0 Å². The molecule has 0 saturated carbocycles. The molecule has 0 aromatic heterocycles. The van der Waals surface area contributed by atoms with Crippen LogP contribution in [0.3, 0.4) is 0 Å². The predicted octanol–water partition coefficient (Wildman–Crippen LogP) is 1.59. The number of amides is 2. The molecule has 1 aromatic rings. The Morgan fingerprint density at radius 3 is 2.43 bits per heavy atom. The number of anilines is 1. The molecule has 1 rings (SSSR count). The summed E-state index contributed by atoms with van der Waals surface area (Å²) in [5.74, 6) is -0.346. The second-order valence-corrected chi connectivity index (χ2v) is 6.39. The first kappa shape index (κ1) is 17.2. The molecule has 0 radical (unpaired) electrons. The topological polar surface area (TPSA) is 95.5 Å². The minimum atomic E-state index is -0.893. The fraction of sp³-hybridized carbons (Fsp3) is 0.429. The van der Waals surface area contributed by atoms with Crippen molar-refractivity contribution in [1.29, 1.82) is 0 Å². The van der Waals surface area contributed by atoms with Crippen LogP contribution in [0.2, 0.25) is 0 Å². The van der Waals surface area contributed by atoms with E-state index >= 15 is 0 Å². The van der Waals surface area contributed by atoms with Gasteiger partial charge in [-0.3, -0.25) is 9.00 Å².